The van der Waals surface area contributed by atoms with Gasteiger partial charge in [-0.05, 0) is 18.9 Å². The van der Waals surface area contributed by atoms with E-state index in [9.17, 15) is 9.59 Å². The number of aryl methyl sites for hydroxylation is 1. The first-order valence-corrected chi connectivity index (χ1v) is 6.83. The van der Waals surface area contributed by atoms with Crippen molar-refractivity contribution in [3.05, 3.63) is 24.0 Å². The van der Waals surface area contributed by atoms with Crippen LogP contribution in [0.2, 0.25) is 0 Å². The number of aromatic nitrogens is 2. The van der Waals surface area contributed by atoms with Crippen LogP contribution in [0.25, 0.3) is 6.08 Å². The minimum atomic E-state index is -0.965. The molecule has 2 heterocycles. The van der Waals surface area contributed by atoms with Crippen molar-refractivity contribution < 1.29 is 19.4 Å². The zero-order valence-electron chi connectivity index (χ0n) is 11.9. The summed E-state index contributed by atoms with van der Waals surface area (Å²) in [6, 6.07) is 0. The number of amides is 1. The van der Waals surface area contributed by atoms with E-state index in [0.29, 0.717) is 25.9 Å². The standard InChI is InChI=1S/C14H19N3O4/c1-16-9-11(8-15-16)2-3-13(18)17-6-4-12(5-7-17)21-10-14(19)20/h2-3,8-9,12H,4-7,10H2,1H3,(H,19,20). The number of carbonyl (C=O) groups excluding carboxylic acids is 1. The smallest absolute Gasteiger partial charge is 0.329 e. The van der Waals surface area contributed by atoms with Crippen LogP contribution < -0.4 is 0 Å². The lowest BCUT2D eigenvalue weighted by atomic mass is 10.1. The molecule has 1 aromatic heterocycles. The minimum Gasteiger partial charge on any atom is -0.480 e. The normalized spacial score (nSPS) is 16.5. The first-order valence-electron chi connectivity index (χ1n) is 6.83. The van der Waals surface area contributed by atoms with Crippen molar-refractivity contribution in [3.63, 3.8) is 0 Å². The van der Waals surface area contributed by atoms with Crippen molar-refractivity contribution in [2.75, 3.05) is 19.7 Å². The summed E-state index contributed by atoms with van der Waals surface area (Å²) < 4.78 is 6.91. The van der Waals surface area contributed by atoms with Gasteiger partial charge in [-0.15, -0.1) is 0 Å². The molecule has 0 aliphatic carbocycles. The molecule has 0 atom stereocenters. The number of hydrogen-bond acceptors (Lipinski definition) is 4. The second-order valence-electron chi connectivity index (χ2n) is 5.01. The highest BCUT2D eigenvalue weighted by Crippen LogP contribution is 2.14. The largest absolute Gasteiger partial charge is 0.480 e. The predicted molar refractivity (Wildman–Crippen MR) is 75.4 cm³/mol. The molecule has 0 spiro atoms. The van der Waals surface area contributed by atoms with Gasteiger partial charge in [0.05, 0.1) is 12.3 Å². The molecule has 7 nitrogen and oxygen atoms in total. The molecule has 0 radical (unpaired) electrons. The van der Waals surface area contributed by atoms with Crippen molar-refractivity contribution >= 4 is 18.0 Å². The van der Waals surface area contributed by atoms with E-state index in [1.165, 1.54) is 6.08 Å². The number of rotatable bonds is 5. The van der Waals surface area contributed by atoms with E-state index in [1.807, 2.05) is 13.2 Å². The number of carboxylic acids is 1. The van der Waals surface area contributed by atoms with E-state index in [-0.39, 0.29) is 18.6 Å². The van der Waals surface area contributed by atoms with Crippen molar-refractivity contribution in [3.8, 4) is 0 Å². The van der Waals surface area contributed by atoms with Crippen LogP contribution >= 0.6 is 0 Å². The summed E-state index contributed by atoms with van der Waals surface area (Å²) in [6.07, 6.45) is 8.05. The van der Waals surface area contributed by atoms with Crippen LogP contribution in [0.5, 0.6) is 0 Å². The van der Waals surface area contributed by atoms with Gasteiger partial charge in [0.15, 0.2) is 0 Å². The number of carboxylic acid groups (broad SMARTS) is 1. The van der Waals surface area contributed by atoms with Gasteiger partial charge in [-0.1, -0.05) is 0 Å². The third-order valence-electron chi connectivity index (χ3n) is 3.34. The van der Waals surface area contributed by atoms with Crippen molar-refractivity contribution in [1.82, 2.24) is 14.7 Å². The Balaban J connectivity index is 1.77. The Morgan fingerprint density at radius 3 is 2.76 bits per heavy atom. The fourth-order valence-corrected chi connectivity index (χ4v) is 2.23. The molecule has 1 fully saturated rings. The molecule has 7 heteroatoms. The Morgan fingerprint density at radius 2 is 2.19 bits per heavy atom. The number of aliphatic carboxylic acids is 1. The molecule has 1 saturated heterocycles. The van der Waals surface area contributed by atoms with E-state index in [2.05, 4.69) is 5.10 Å². The monoisotopic (exact) mass is 293 g/mol. The number of piperidine rings is 1. The van der Waals surface area contributed by atoms with Gasteiger partial charge in [-0.3, -0.25) is 9.48 Å². The summed E-state index contributed by atoms with van der Waals surface area (Å²) in [5, 5.41) is 12.6. The molecule has 0 aromatic carbocycles. The molecule has 1 aliphatic rings. The van der Waals surface area contributed by atoms with Crippen LogP contribution in [-0.4, -0.2) is 57.5 Å². The van der Waals surface area contributed by atoms with Crippen molar-refractivity contribution in [1.29, 1.82) is 0 Å². The quantitative estimate of drug-likeness (QED) is 0.800. The van der Waals surface area contributed by atoms with E-state index in [1.54, 1.807) is 21.9 Å². The first kappa shape index (κ1) is 15.2. The Kier molecular flexibility index (Phi) is 5.10. The van der Waals surface area contributed by atoms with Crippen molar-refractivity contribution in [2.24, 2.45) is 7.05 Å². The van der Waals surface area contributed by atoms with Crippen LogP contribution in [0.15, 0.2) is 18.5 Å². The molecular formula is C14H19N3O4. The fourth-order valence-electron chi connectivity index (χ4n) is 2.23. The topological polar surface area (TPSA) is 84.7 Å². The lowest BCUT2D eigenvalue weighted by Crippen LogP contribution is -2.40. The Morgan fingerprint density at radius 1 is 1.48 bits per heavy atom. The second kappa shape index (κ2) is 7.03. The maximum Gasteiger partial charge on any atom is 0.329 e. The highest BCUT2D eigenvalue weighted by atomic mass is 16.5. The van der Waals surface area contributed by atoms with E-state index in [0.717, 1.165) is 5.56 Å². The molecule has 1 N–H and O–H groups in total. The van der Waals surface area contributed by atoms with Crippen LogP contribution in [0.3, 0.4) is 0 Å². The average Bonchev–Trinajstić information content (AvgIpc) is 2.89. The average molecular weight is 293 g/mol. The summed E-state index contributed by atoms with van der Waals surface area (Å²) in [7, 11) is 1.82. The molecule has 1 aliphatic heterocycles. The molecule has 114 valence electrons. The van der Waals surface area contributed by atoms with Gasteiger partial charge in [0.25, 0.3) is 0 Å². The van der Waals surface area contributed by atoms with Crippen molar-refractivity contribution in [2.45, 2.75) is 18.9 Å². The number of ether oxygens (including phenoxy) is 1. The predicted octanol–water partition coefficient (Wildman–Crippen LogP) is 0.525. The lowest BCUT2D eigenvalue weighted by molar-refractivity contribution is -0.146. The van der Waals surface area contributed by atoms with Crippen LogP contribution in [0.4, 0.5) is 0 Å². The third-order valence-corrected chi connectivity index (χ3v) is 3.34. The van der Waals surface area contributed by atoms with Gasteiger partial charge in [0.2, 0.25) is 5.91 Å². The second-order valence-corrected chi connectivity index (χ2v) is 5.01. The summed E-state index contributed by atoms with van der Waals surface area (Å²) in [6.45, 7) is 0.889. The number of carbonyl (C=O) groups is 2. The fraction of sp³-hybridized carbons (Fsp3) is 0.500. The lowest BCUT2D eigenvalue weighted by Gasteiger charge is -2.30. The summed E-state index contributed by atoms with van der Waals surface area (Å²) in [5.41, 5.74) is 0.880. The molecule has 0 bridgehead atoms. The van der Waals surface area contributed by atoms with Gasteiger partial charge in [-0.2, -0.15) is 5.10 Å². The minimum absolute atomic E-state index is 0.0458. The summed E-state index contributed by atoms with van der Waals surface area (Å²) in [4.78, 5) is 24.2. The van der Waals surface area contributed by atoms with E-state index in [4.69, 9.17) is 9.84 Å². The van der Waals surface area contributed by atoms with Crippen LogP contribution in [0, 0.1) is 0 Å². The van der Waals surface area contributed by atoms with Gasteiger partial charge in [0, 0.05) is 38.0 Å². The van der Waals surface area contributed by atoms with Crippen LogP contribution in [-0.2, 0) is 21.4 Å². The van der Waals surface area contributed by atoms with Gasteiger partial charge >= 0.3 is 5.97 Å². The third kappa shape index (κ3) is 4.71. The molecule has 0 saturated carbocycles. The zero-order chi connectivity index (χ0) is 15.2. The maximum atomic E-state index is 12.0. The summed E-state index contributed by atoms with van der Waals surface area (Å²) in [5.74, 6) is -1.01. The van der Waals surface area contributed by atoms with Gasteiger partial charge < -0.3 is 14.7 Å². The first-order chi connectivity index (χ1) is 10.0. The molecule has 2 rings (SSSR count). The number of hydrogen-bond donors (Lipinski definition) is 1. The van der Waals surface area contributed by atoms with Gasteiger partial charge in [0.1, 0.15) is 6.61 Å². The number of nitrogens with zero attached hydrogens (tertiary/aromatic N) is 3. The summed E-state index contributed by atoms with van der Waals surface area (Å²) >= 11 is 0. The Bertz CT molecular complexity index is 530. The Hall–Kier alpha value is -2.15. The van der Waals surface area contributed by atoms with E-state index < -0.39 is 5.97 Å². The number of likely N-dealkylation sites (tertiary alicyclic amines) is 1. The zero-order valence-corrected chi connectivity index (χ0v) is 11.9. The molecule has 0 unspecified atom stereocenters. The molecular weight excluding hydrogens is 274 g/mol. The molecule has 1 aromatic rings. The van der Waals surface area contributed by atoms with E-state index >= 15 is 0 Å². The molecule has 1 amide bonds. The molecule has 21 heavy (non-hydrogen) atoms. The maximum absolute atomic E-state index is 12.0. The highest BCUT2D eigenvalue weighted by Gasteiger charge is 2.22. The van der Waals surface area contributed by atoms with Crippen LogP contribution in [0.1, 0.15) is 18.4 Å². The SMILES string of the molecule is Cn1cc(C=CC(=O)N2CCC(OCC(=O)O)CC2)cn1. The van der Waals surface area contributed by atoms with Gasteiger partial charge in [-0.25, -0.2) is 4.79 Å². The highest BCUT2D eigenvalue weighted by molar-refractivity contribution is 5.91. The Labute approximate surface area is 122 Å².